The normalized spacial score (nSPS) is 18.9. The van der Waals surface area contributed by atoms with E-state index >= 15 is 0 Å². The average molecular weight is 285 g/mol. The van der Waals surface area contributed by atoms with Crippen LogP contribution in [-0.4, -0.2) is 42.5 Å². The van der Waals surface area contributed by atoms with Crippen LogP contribution < -0.4 is 10.1 Å². The summed E-state index contributed by atoms with van der Waals surface area (Å²) in [6, 6.07) is 8.17. The third kappa shape index (κ3) is 2.77. The molecule has 1 N–H and O–H groups in total. The van der Waals surface area contributed by atoms with Crippen LogP contribution in [0.5, 0.6) is 5.75 Å². The number of rotatable bonds is 3. The number of hydrogen-bond acceptors (Lipinski definition) is 4. The van der Waals surface area contributed by atoms with Crippen LogP contribution in [0.4, 0.5) is 5.82 Å². The molecule has 1 aliphatic heterocycles. The van der Waals surface area contributed by atoms with E-state index in [2.05, 4.69) is 10.3 Å². The first-order chi connectivity index (χ1) is 10.2. The molecule has 1 aromatic carbocycles. The molecule has 1 unspecified atom stereocenters. The number of ether oxygens (including phenoxy) is 1. The molecule has 0 aliphatic carbocycles. The Hall–Kier alpha value is -2.30. The lowest BCUT2D eigenvalue weighted by molar-refractivity contribution is -0.132. The topological polar surface area (TPSA) is 54.5 Å². The van der Waals surface area contributed by atoms with Crippen LogP contribution in [-0.2, 0) is 4.79 Å². The number of anilines is 1. The Bertz CT molecular complexity index is 672. The van der Waals surface area contributed by atoms with E-state index in [-0.39, 0.29) is 11.9 Å². The Labute approximate surface area is 123 Å². The summed E-state index contributed by atoms with van der Waals surface area (Å²) in [7, 11) is 3.51. The molecule has 1 fully saturated rings. The molecule has 1 amide bonds. The van der Waals surface area contributed by atoms with Crippen molar-refractivity contribution in [2.24, 2.45) is 0 Å². The number of methoxy groups -OCH3 is 1. The van der Waals surface area contributed by atoms with Gasteiger partial charge in [-0.1, -0.05) is 0 Å². The van der Waals surface area contributed by atoms with E-state index in [1.54, 1.807) is 18.2 Å². The van der Waals surface area contributed by atoms with E-state index in [4.69, 9.17) is 4.74 Å². The zero-order valence-corrected chi connectivity index (χ0v) is 12.3. The molecule has 0 radical (unpaired) electrons. The van der Waals surface area contributed by atoms with Crippen molar-refractivity contribution in [3.8, 4) is 5.75 Å². The summed E-state index contributed by atoms with van der Waals surface area (Å²) in [5.41, 5.74) is 0. The first kappa shape index (κ1) is 13.7. The largest absolute Gasteiger partial charge is 0.497 e. The molecule has 21 heavy (non-hydrogen) atoms. The molecule has 1 atom stereocenters. The van der Waals surface area contributed by atoms with Gasteiger partial charge >= 0.3 is 0 Å². The second-order valence-corrected chi connectivity index (χ2v) is 5.40. The molecule has 3 rings (SSSR count). The Morgan fingerprint density at radius 3 is 3.00 bits per heavy atom. The quantitative estimate of drug-likeness (QED) is 0.940. The number of aromatic nitrogens is 1. The first-order valence-corrected chi connectivity index (χ1v) is 7.10. The van der Waals surface area contributed by atoms with Crippen molar-refractivity contribution in [3.63, 3.8) is 0 Å². The molecular weight excluding hydrogens is 266 g/mol. The van der Waals surface area contributed by atoms with Crippen molar-refractivity contribution in [2.75, 3.05) is 26.0 Å². The van der Waals surface area contributed by atoms with Gasteiger partial charge in [0.05, 0.1) is 7.11 Å². The van der Waals surface area contributed by atoms with E-state index < -0.39 is 0 Å². The fourth-order valence-electron chi connectivity index (χ4n) is 2.72. The number of pyridine rings is 1. The van der Waals surface area contributed by atoms with E-state index in [1.165, 1.54) is 0 Å². The van der Waals surface area contributed by atoms with Gasteiger partial charge in [-0.05, 0) is 36.1 Å². The molecule has 0 bridgehead atoms. The Kier molecular flexibility index (Phi) is 3.64. The molecule has 1 aromatic heterocycles. The monoisotopic (exact) mass is 285 g/mol. The van der Waals surface area contributed by atoms with Gasteiger partial charge in [-0.2, -0.15) is 0 Å². The maximum absolute atomic E-state index is 11.5. The highest BCUT2D eigenvalue weighted by Crippen LogP contribution is 2.26. The fourth-order valence-corrected chi connectivity index (χ4v) is 2.72. The molecule has 0 saturated carbocycles. The minimum atomic E-state index is 0.212. The van der Waals surface area contributed by atoms with Crippen LogP contribution >= 0.6 is 0 Å². The molecular formula is C16H19N3O2. The van der Waals surface area contributed by atoms with Crippen molar-refractivity contribution in [1.29, 1.82) is 0 Å². The van der Waals surface area contributed by atoms with Gasteiger partial charge in [0.15, 0.2) is 0 Å². The Morgan fingerprint density at radius 2 is 2.24 bits per heavy atom. The van der Waals surface area contributed by atoms with Crippen molar-refractivity contribution >= 4 is 22.5 Å². The SMILES string of the molecule is COc1ccc2c(NC3CCC(=O)N(C)C3)nccc2c1. The third-order valence-electron chi connectivity index (χ3n) is 3.94. The summed E-state index contributed by atoms with van der Waals surface area (Å²) in [6.45, 7) is 0.715. The number of nitrogens with one attached hydrogen (secondary N) is 1. The third-order valence-corrected chi connectivity index (χ3v) is 3.94. The van der Waals surface area contributed by atoms with Crippen LogP contribution in [0.15, 0.2) is 30.5 Å². The number of benzene rings is 1. The van der Waals surface area contributed by atoms with Gasteiger partial charge in [-0.3, -0.25) is 4.79 Å². The lowest BCUT2D eigenvalue weighted by atomic mass is 10.1. The molecule has 1 aliphatic rings. The molecule has 5 heteroatoms. The smallest absolute Gasteiger partial charge is 0.222 e. The summed E-state index contributed by atoms with van der Waals surface area (Å²) in [4.78, 5) is 17.8. The van der Waals surface area contributed by atoms with Gasteiger partial charge < -0.3 is 15.0 Å². The van der Waals surface area contributed by atoms with Gasteiger partial charge in [0, 0.05) is 37.6 Å². The van der Waals surface area contributed by atoms with Gasteiger partial charge in [0.1, 0.15) is 11.6 Å². The predicted octanol–water partition coefficient (Wildman–Crippen LogP) is 2.28. The Morgan fingerprint density at radius 1 is 1.38 bits per heavy atom. The number of amides is 1. The van der Waals surface area contributed by atoms with Crippen LogP contribution in [0.25, 0.3) is 10.8 Å². The minimum Gasteiger partial charge on any atom is -0.497 e. The number of hydrogen-bond donors (Lipinski definition) is 1. The lowest BCUT2D eigenvalue weighted by Gasteiger charge is -2.30. The zero-order valence-electron chi connectivity index (χ0n) is 12.3. The maximum atomic E-state index is 11.5. The van der Waals surface area contributed by atoms with Crippen LogP contribution in [0.3, 0.4) is 0 Å². The number of likely N-dealkylation sites (tertiary alicyclic amines) is 1. The van der Waals surface area contributed by atoms with Gasteiger partial charge in [0.2, 0.25) is 5.91 Å². The van der Waals surface area contributed by atoms with Crippen LogP contribution in [0, 0.1) is 0 Å². The van der Waals surface area contributed by atoms with Crippen LogP contribution in [0.2, 0.25) is 0 Å². The number of piperidine rings is 1. The molecule has 1 saturated heterocycles. The fraction of sp³-hybridized carbons (Fsp3) is 0.375. The van der Waals surface area contributed by atoms with Gasteiger partial charge in [-0.15, -0.1) is 0 Å². The average Bonchev–Trinajstić information content (AvgIpc) is 2.50. The van der Waals surface area contributed by atoms with E-state index in [1.807, 2.05) is 31.3 Å². The summed E-state index contributed by atoms with van der Waals surface area (Å²) < 4.78 is 5.25. The highest BCUT2D eigenvalue weighted by molar-refractivity contribution is 5.92. The van der Waals surface area contributed by atoms with Gasteiger partial charge in [-0.25, -0.2) is 4.98 Å². The standard InChI is InChI=1S/C16H19N3O2/c1-19-10-12(3-6-15(19)20)18-16-14-5-4-13(21-2)9-11(14)7-8-17-16/h4-5,7-9,12H,3,6,10H2,1-2H3,(H,17,18). The number of nitrogens with zero attached hydrogens (tertiary/aromatic N) is 2. The summed E-state index contributed by atoms with van der Waals surface area (Å²) >= 11 is 0. The predicted molar refractivity (Wildman–Crippen MR) is 82.6 cm³/mol. The highest BCUT2D eigenvalue weighted by Gasteiger charge is 2.23. The molecule has 2 heterocycles. The number of carbonyl (C=O) groups excluding carboxylic acids is 1. The summed E-state index contributed by atoms with van der Waals surface area (Å²) in [6.07, 6.45) is 3.23. The van der Waals surface area contributed by atoms with Crippen molar-refractivity contribution in [2.45, 2.75) is 18.9 Å². The molecule has 110 valence electrons. The van der Waals surface area contributed by atoms with Crippen molar-refractivity contribution < 1.29 is 9.53 Å². The molecule has 2 aromatic rings. The summed E-state index contributed by atoms with van der Waals surface area (Å²) in [5.74, 6) is 1.91. The number of fused-ring (bicyclic) bond motifs is 1. The van der Waals surface area contributed by atoms with E-state index in [0.717, 1.165) is 28.8 Å². The number of likely N-dealkylation sites (N-methyl/N-ethyl adjacent to an activating group) is 1. The van der Waals surface area contributed by atoms with Crippen molar-refractivity contribution in [3.05, 3.63) is 30.5 Å². The Balaban J connectivity index is 1.85. The zero-order chi connectivity index (χ0) is 14.8. The highest BCUT2D eigenvalue weighted by atomic mass is 16.5. The minimum absolute atomic E-state index is 0.212. The number of carbonyl (C=O) groups is 1. The van der Waals surface area contributed by atoms with E-state index in [0.29, 0.717) is 13.0 Å². The van der Waals surface area contributed by atoms with Crippen molar-refractivity contribution in [1.82, 2.24) is 9.88 Å². The maximum Gasteiger partial charge on any atom is 0.222 e. The van der Waals surface area contributed by atoms with Gasteiger partial charge in [0.25, 0.3) is 0 Å². The van der Waals surface area contributed by atoms with E-state index in [9.17, 15) is 4.79 Å². The van der Waals surface area contributed by atoms with Crippen LogP contribution in [0.1, 0.15) is 12.8 Å². The summed E-state index contributed by atoms with van der Waals surface area (Å²) in [5, 5.41) is 5.62. The second-order valence-electron chi connectivity index (χ2n) is 5.40. The second kappa shape index (κ2) is 5.60. The molecule has 5 nitrogen and oxygen atoms in total. The molecule has 0 spiro atoms. The lowest BCUT2D eigenvalue weighted by Crippen LogP contribution is -2.43. The first-order valence-electron chi connectivity index (χ1n) is 7.10.